The number of amides is 1. The lowest BCUT2D eigenvalue weighted by Gasteiger charge is -2.27. The minimum Gasteiger partial charge on any atom is -0.493 e. The smallest absolute Gasteiger partial charge is 0.254 e. The van der Waals surface area contributed by atoms with Crippen molar-refractivity contribution in [3.05, 3.63) is 54.2 Å². The van der Waals surface area contributed by atoms with E-state index in [1.807, 2.05) is 17.0 Å². The second kappa shape index (κ2) is 8.94. The zero-order valence-corrected chi connectivity index (χ0v) is 17.1. The van der Waals surface area contributed by atoms with E-state index >= 15 is 0 Å². The second-order valence-electron chi connectivity index (χ2n) is 7.13. The molecule has 3 heterocycles. The fourth-order valence-electron chi connectivity index (χ4n) is 3.73. The van der Waals surface area contributed by atoms with E-state index in [0.29, 0.717) is 35.3 Å². The van der Waals surface area contributed by atoms with Crippen LogP contribution >= 0.6 is 0 Å². The number of hydrogen-bond donors (Lipinski definition) is 0. The third-order valence-corrected chi connectivity index (χ3v) is 5.29. The maximum Gasteiger partial charge on any atom is 0.254 e. The van der Waals surface area contributed by atoms with Crippen molar-refractivity contribution in [1.29, 1.82) is 0 Å². The van der Waals surface area contributed by atoms with Gasteiger partial charge >= 0.3 is 0 Å². The van der Waals surface area contributed by atoms with E-state index in [1.165, 1.54) is 0 Å². The Labute approximate surface area is 174 Å². The Morgan fingerprint density at radius 1 is 1.13 bits per heavy atom. The molecule has 1 aliphatic rings. The van der Waals surface area contributed by atoms with Crippen LogP contribution < -0.4 is 9.47 Å². The van der Waals surface area contributed by atoms with Crippen molar-refractivity contribution in [2.45, 2.75) is 31.7 Å². The first kappa shape index (κ1) is 19.9. The van der Waals surface area contributed by atoms with E-state index < -0.39 is 0 Å². The van der Waals surface area contributed by atoms with Gasteiger partial charge in [-0.1, -0.05) is 18.0 Å². The molecule has 4 rings (SSSR count). The molecule has 0 aliphatic carbocycles. The van der Waals surface area contributed by atoms with Gasteiger partial charge < -0.3 is 18.9 Å². The number of carbonyl (C=O) groups excluding carboxylic acids is 1. The normalized spacial score (nSPS) is 16.7. The van der Waals surface area contributed by atoms with E-state index in [4.69, 9.17) is 14.0 Å². The molecular formula is C22H24N4O4. The Bertz CT molecular complexity index is 1010. The number of pyridine rings is 1. The fraction of sp³-hybridized carbons (Fsp3) is 0.364. The minimum atomic E-state index is -0.272. The summed E-state index contributed by atoms with van der Waals surface area (Å²) in [4.78, 5) is 23.9. The van der Waals surface area contributed by atoms with Crippen LogP contribution in [0.2, 0.25) is 0 Å². The molecule has 0 radical (unpaired) electrons. The number of ether oxygens (including phenoxy) is 2. The van der Waals surface area contributed by atoms with Gasteiger partial charge in [-0.2, -0.15) is 4.98 Å². The molecule has 0 bridgehead atoms. The lowest BCUT2D eigenvalue weighted by molar-refractivity contribution is 0.0644. The van der Waals surface area contributed by atoms with E-state index in [0.717, 1.165) is 31.2 Å². The Morgan fingerprint density at radius 2 is 2.00 bits per heavy atom. The number of nitrogens with zero attached hydrogens (tertiary/aromatic N) is 4. The summed E-state index contributed by atoms with van der Waals surface area (Å²) in [6.45, 7) is 0.627. The first-order valence-corrected chi connectivity index (χ1v) is 9.98. The minimum absolute atomic E-state index is 0.0935. The first-order valence-electron chi connectivity index (χ1n) is 9.98. The maximum atomic E-state index is 13.4. The van der Waals surface area contributed by atoms with E-state index in [9.17, 15) is 4.79 Å². The van der Waals surface area contributed by atoms with Crippen LogP contribution in [-0.2, 0) is 0 Å². The number of likely N-dealkylation sites (tertiary alicyclic amines) is 1. The number of aromatic nitrogens is 3. The zero-order valence-electron chi connectivity index (χ0n) is 17.1. The number of methoxy groups -OCH3 is 2. The molecule has 1 fully saturated rings. The molecule has 0 N–H and O–H groups in total. The van der Waals surface area contributed by atoms with Gasteiger partial charge in [0.2, 0.25) is 11.7 Å². The lowest BCUT2D eigenvalue weighted by Crippen LogP contribution is -2.35. The van der Waals surface area contributed by atoms with Gasteiger partial charge in [-0.05, 0) is 43.2 Å². The van der Waals surface area contributed by atoms with Gasteiger partial charge in [-0.15, -0.1) is 0 Å². The molecular weight excluding hydrogens is 384 g/mol. The molecule has 1 unspecified atom stereocenters. The van der Waals surface area contributed by atoms with Crippen molar-refractivity contribution in [3.8, 4) is 22.9 Å². The molecule has 1 aliphatic heterocycles. The summed E-state index contributed by atoms with van der Waals surface area (Å²) in [5.41, 5.74) is 1.31. The van der Waals surface area contributed by atoms with Crippen molar-refractivity contribution in [1.82, 2.24) is 20.0 Å². The molecule has 156 valence electrons. The molecule has 8 nitrogen and oxygen atoms in total. The number of hydrogen-bond acceptors (Lipinski definition) is 7. The van der Waals surface area contributed by atoms with Crippen LogP contribution in [0, 0.1) is 0 Å². The highest BCUT2D eigenvalue weighted by Crippen LogP contribution is 2.33. The van der Waals surface area contributed by atoms with E-state index in [-0.39, 0.29) is 11.9 Å². The molecule has 3 aromatic rings. The summed E-state index contributed by atoms with van der Waals surface area (Å²) in [5, 5.41) is 4.11. The molecule has 0 spiro atoms. The predicted octanol–water partition coefficient (Wildman–Crippen LogP) is 3.91. The number of carbonyl (C=O) groups is 1. The SMILES string of the molecule is COc1ccc(C(=O)N2CCCCCC2c2nc(-c3cccnc3)no2)cc1OC. The zero-order chi connectivity index (χ0) is 20.9. The average molecular weight is 408 g/mol. The topological polar surface area (TPSA) is 90.6 Å². The standard InChI is InChI=1S/C22H24N4O4/c1-28-18-10-9-15(13-19(18)29-2)22(27)26-12-5-3-4-8-17(26)21-24-20(25-30-21)16-7-6-11-23-14-16/h6-7,9-11,13-14,17H,3-5,8,12H2,1-2H3. The highest BCUT2D eigenvalue weighted by atomic mass is 16.5. The van der Waals surface area contributed by atoms with Crippen molar-refractivity contribution in [2.24, 2.45) is 0 Å². The Kier molecular flexibility index (Phi) is 5.92. The Morgan fingerprint density at radius 3 is 2.77 bits per heavy atom. The first-order chi connectivity index (χ1) is 14.7. The highest BCUT2D eigenvalue weighted by Gasteiger charge is 2.32. The molecule has 30 heavy (non-hydrogen) atoms. The van der Waals surface area contributed by atoms with Gasteiger partial charge in [0.15, 0.2) is 11.5 Å². The second-order valence-corrected chi connectivity index (χ2v) is 7.13. The van der Waals surface area contributed by atoms with Crippen LogP contribution in [0.15, 0.2) is 47.2 Å². The summed E-state index contributed by atoms with van der Waals surface area (Å²) >= 11 is 0. The summed E-state index contributed by atoms with van der Waals surface area (Å²) < 4.78 is 16.2. The monoisotopic (exact) mass is 408 g/mol. The number of rotatable bonds is 5. The molecule has 1 amide bonds. The molecule has 8 heteroatoms. The van der Waals surface area contributed by atoms with E-state index in [1.54, 1.807) is 44.8 Å². The van der Waals surface area contributed by atoms with Gasteiger partial charge in [0.25, 0.3) is 5.91 Å². The van der Waals surface area contributed by atoms with Crippen LogP contribution in [0.3, 0.4) is 0 Å². The van der Waals surface area contributed by atoms with Crippen molar-refractivity contribution < 1.29 is 18.8 Å². The molecule has 1 atom stereocenters. The van der Waals surface area contributed by atoms with Crippen molar-refractivity contribution >= 4 is 5.91 Å². The Balaban J connectivity index is 1.64. The molecule has 1 aromatic carbocycles. The van der Waals surface area contributed by atoms with Gasteiger partial charge in [-0.3, -0.25) is 9.78 Å². The van der Waals surface area contributed by atoms with E-state index in [2.05, 4.69) is 15.1 Å². The summed E-state index contributed by atoms with van der Waals surface area (Å²) in [5.74, 6) is 1.93. The highest BCUT2D eigenvalue weighted by molar-refractivity contribution is 5.95. The molecule has 2 aromatic heterocycles. The predicted molar refractivity (Wildman–Crippen MR) is 109 cm³/mol. The summed E-state index contributed by atoms with van der Waals surface area (Å²) in [6.07, 6.45) is 7.13. The van der Waals surface area contributed by atoms with Gasteiger partial charge in [0, 0.05) is 30.1 Å². The van der Waals surface area contributed by atoms with Crippen LogP contribution in [0.5, 0.6) is 11.5 Å². The van der Waals surface area contributed by atoms with Gasteiger partial charge in [0.1, 0.15) is 6.04 Å². The molecule has 1 saturated heterocycles. The van der Waals surface area contributed by atoms with Crippen molar-refractivity contribution in [3.63, 3.8) is 0 Å². The van der Waals surface area contributed by atoms with Crippen LogP contribution in [-0.4, -0.2) is 46.7 Å². The van der Waals surface area contributed by atoms with Crippen LogP contribution in [0.25, 0.3) is 11.4 Å². The third-order valence-electron chi connectivity index (χ3n) is 5.29. The largest absolute Gasteiger partial charge is 0.493 e. The summed E-state index contributed by atoms with van der Waals surface area (Å²) in [6, 6.07) is 8.63. The number of benzene rings is 1. The Hall–Kier alpha value is -3.42. The van der Waals surface area contributed by atoms with Gasteiger partial charge in [0.05, 0.1) is 14.2 Å². The fourth-order valence-corrected chi connectivity index (χ4v) is 3.73. The average Bonchev–Trinajstić information content (AvgIpc) is 3.16. The quantitative estimate of drug-likeness (QED) is 0.632. The van der Waals surface area contributed by atoms with Crippen LogP contribution in [0.1, 0.15) is 48.0 Å². The van der Waals surface area contributed by atoms with Gasteiger partial charge in [-0.25, -0.2) is 0 Å². The summed E-state index contributed by atoms with van der Waals surface area (Å²) in [7, 11) is 3.12. The van der Waals surface area contributed by atoms with Crippen molar-refractivity contribution in [2.75, 3.05) is 20.8 Å². The third kappa shape index (κ3) is 3.98. The lowest BCUT2D eigenvalue weighted by atomic mass is 10.1. The van der Waals surface area contributed by atoms with Crippen LogP contribution in [0.4, 0.5) is 0 Å². The molecule has 0 saturated carbocycles. The maximum absolute atomic E-state index is 13.4.